The van der Waals surface area contributed by atoms with Crippen molar-refractivity contribution in [2.45, 2.75) is 74.1 Å². The smallest absolute Gasteiger partial charge is 0.200 e. The van der Waals surface area contributed by atoms with E-state index in [-0.39, 0.29) is 11.1 Å². The Labute approximate surface area is 219 Å². The monoisotopic (exact) mass is 528 g/mol. The molecular formula is C28H32O10. The molecule has 0 unspecified atom stereocenters. The zero-order valence-electron chi connectivity index (χ0n) is 21.5. The van der Waals surface area contributed by atoms with E-state index in [0.717, 1.165) is 0 Å². The lowest BCUT2D eigenvalue weighted by atomic mass is 9.40. The zero-order chi connectivity index (χ0) is 28.9. The summed E-state index contributed by atoms with van der Waals surface area (Å²) in [5, 5.41) is 72.6. The number of carbonyl (C=O) groups is 4. The Morgan fingerprint density at radius 3 is 0.974 bits per heavy atom. The van der Waals surface area contributed by atoms with Gasteiger partial charge in [0.15, 0.2) is 39.9 Å². The van der Waals surface area contributed by atoms with Crippen LogP contribution in [0.3, 0.4) is 0 Å². The number of aliphatic hydroxyl groups is 6. The molecule has 2 aromatic rings. The molecule has 0 spiro atoms. The normalized spacial score (nSPS) is 36.9. The molecular weight excluding hydrogens is 496 g/mol. The van der Waals surface area contributed by atoms with Crippen LogP contribution in [0.15, 0.2) is 60.7 Å². The molecule has 2 aromatic carbocycles. The summed E-state index contributed by atoms with van der Waals surface area (Å²) in [6.45, 7) is 2.64. The summed E-state index contributed by atoms with van der Waals surface area (Å²) in [6, 6.07) is 14.8. The largest absolute Gasteiger partial charge is 0.382 e. The van der Waals surface area contributed by atoms with Crippen LogP contribution in [0, 0.1) is 0 Å². The molecule has 10 heteroatoms. The van der Waals surface area contributed by atoms with Crippen LogP contribution in [-0.2, 0) is 32.0 Å². The maximum atomic E-state index is 13.4. The first kappa shape index (κ1) is 29.4. The highest BCUT2D eigenvalue weighted by molar-refractivity contribution is 6.09. The summed E-state index contributed by atoms with van der Waals surface area (Å²) in [5.74, 6) is -6.17. The average Bonchev–Trinajstić information content (AvgIpc) is 2.86. The molecule has 204 valence electrons. The topological polar surface area (TPSA) is 190 Å². The van der Waals surface area contributed by atoms with Crippen LogP contribution in [0.2, 0.25) is 0 Å². The number of carbonyl (C=O) groups excluding carboxylic acids is 4. The highest BCUT2D eigenvalue weighted by Gasteiger charge is 2.93. The minimum Gasteiger partial charge on any atom is -0.382 e. The molecule has 1 fully saturated rings. The van der Waals surface area contributed by atoms with E-state index in [0.29, 0.717) is 27.7 Å². The second kappa shape index (κ2) is 9.26. The van der Waals surface area contributed by atoms with Gasteiger partial charge in [-0.25, -0.2) is 0 Å². The van der Waals surface area contributed by atoms with E-state index in [9.17, 15) is 49.8 Å². The van der Waals surface area contributed by atoms with Gasteiger partial charge in [-0.05, 0) is 38.8 Å². The van der Waals surface area contributed by atoms with Crippen LogP contribution in [0.25, 0.3) is 0 Å². The molecule has 10 nitrogen and oxygen atoms in total. The Kier molecular flexibility index (Phi) is 7.18. The van der Waals surface area contributed by atoms with Gasteiger partial charge in [0.25, 0.3) is 0 Å². The summed E-state index contributed by atoms with van der Waals surface area (Å²) in [4.78, 5) is 52.9. The van der Waals surface area contributed by atoms with Gasteiger partial charge >= 0.3 is 0 Å². The number of ketones is 4. The van der Waals surface area contributed by atoms with Crippen molar-refractivity contribution in [3.05, 3.63) is 71.8 Å². The summed E-state index contributed by atoms with van der Waals surface area (Å²) in [7, 11) is 0. The molecule has 0 saturated heterocycles. The number of hydrogen-bond donors (Lipinski definition) is 6. The number of benzene rings is 2. The predicted octanol–water partition coefficient (Wildman–Crippen LogP) is -0.772. The first-order chi connectivity index (χ1) is 17.4. The maximum absolute atomic E-state index is 13.4. The van der Waals surface area contributed by atoms with Gasteiger partial charge in [-0.1, -0.05) is 60.7 Å². The van der Waals surface area contributed by atoms with Crippen molar-refractivity contribution >= 4 is 23.1 Å². The van der Waals surface area contributed by atoms with Gasteiger partial charge < -0.3 is 30.6 Å². The molecule has 3 rings (SSSR count). The molecule has 38 heavy (non-hydrogen) atoms. The molecule has 0 bridgehead atoms. The minimum atomic E-state index is -3.94. The van der Waals surface area contributed by atoms with Gasteiger partial charge in [0, 0.05) is 12.8 Å². The molecule has 0 amide bonds. The van der Waals surface area contributed by atoms with Crippen LogP contribution in [0.4, 0.5) is 0 Å². The second-order valence-corrected chi connectivity index (χ2v) is 10.1. The Morgan fingerprint density at radius 2 is 0.737 bits per heavy atom. The molecule has 1 aliphatic rings. The quantitative estimate of drug-likeness (QED) is 0.254. The van der Waals surface area contributed by atoms with Crippen LogP contribution < -0.4 is 0 Å². The molecule has 4 atom stereocenters. The van der Waals surface area contributed by atoms with Crippen molar-refractivity contribution in [1.82, 2.24) is 0 Å². The zero-order valence-corrected chi connectivity index (χ0v) is 21.5. The third-order valence-corrected chi connectivity index (χ3v) is 8.08. The minimum absolute atomic E-state index is 0.107. The summed E-state index contributed by atoms with van der Waals surface area (Å²) < 4.78 is 0. The lowest BCUT2D eigenvalue weighted by Crippen LogP contribution is -3.00. The SMILES string of the molecule is CC(=O)C1(O)[C@@](O)(Cc2ccccc2)[C@](O)(C(C)=O)C(O)(C(C)=O)[C@@](O)(C(C)=O)[C@]1(O)Cc1ccccc1. The molecule has 0 aliphatic heterocycles. The molecule has 6 N–H and O–H groups in total. The Morgan fingerprint density at radius 1 is 0.474 bits per heavy atom. The third kappa shape index (κ3) is 3.28. The molecule has 1 aliphatic carbocycles. The molecule has 0 aromatic heterocycles. The van der Waals surface area contributed by atoms with Crippen LogP contribution in [0.1, 0.15) is 38.8 Å². The van der Waals surface area contributed by atoms with E-state index >= 15 is 0 Å². The Hall–Kier alpha value is -3.12. The van der Waals surface area contributed by atoms with E-state index < -0.39 is 69.6 Å². The van der Waals surface area contributed by atoms with Gasteiger partial charge in [-0.15, -0.1) is 0 Å². The number of rotatable bonds is 8. The van der Waals surface area contributed by atoms with Gasteiger partial charge in [0.1, 0.15) is 11.2 Å². The van der Waals surface area contributed by atoms with Gasteiger partial charge in [-0.3, -0.25) is 19.2 Å². The first-order valence-electron chi connectivity index (χ1n) is 11.9. The predicted molar refractivity (Wildman–Crippen MR) is 133 cm³/mol. The molecule has 1 saturated carbocycles. The fourth-order valence-corrected chi connectivity index (χ4v) is 6.20. The van der Waals surface area contributed by atoms with Gasteiger partial charge in [0.2, 0.25) is 5.60 Å². The van der Waals surface area contributed by atoms with Crippen molar-refractivity contribution in [3.8, 4) is 0 Å². The van der Waals surface area contributed by atoms with Crippen molar-refractivity contribution in [2.75, 3.05) is 0 Å². The van der Waals surface area contributed by atoms with E-state index in [1.54, 1.807) is 12.1 Å². The molecule has 0 radical (unpaired) electrons. The lowest BCUT2D eigenvalue weighted by Gasteiger charge is -2.69. The fraction of sp³-hybridized carbons (Fsp3) is 0.429. The van der Waals surface area contributed by atoms with Crippen molar-refractivity contribution in [3.63, 3.8) is 0 Å². The van der Waals surface area contributed by atoms with E-state index in [1.165, 1.54) is 48.5 Å². The maximum Gasteiger partial charge on any atom is 0.200 e. The van der Waals surface area contributed by atoms with Crippen LogP contribution in [0.5, 0.6) is 0 Å². The summed E-state index contributed by atoms with van der Waals surface area (Å²) >= 11 is 0. The molecule has 0 heterocycles. The summed E-state index contributed by atoms with van der Waals surface area (Å²) in [6.07, 6.45) is -1.94. The highest BCUT2D eigenvalue weighted by atomic mass is 16.5. The van der Waals surface area contributed by atoms with Crippen molar-refractivity contribution < 1.29 is 49.8 Å². The Balaban J connectivity index is 2.63. The van der Waals surface area contributed by atoms with Gasteiger partial charge in [-0.2, -0.15) is 0 Å². The van der Waals surface area contributed by atoms with E-state index in [4.69, 9.17) is 0 Å². The van der Waals surface area contributed by atoms with Gasteiger partial charge in [0.05, 0.1) is 0 Å². The average molecular weight is 529 g/mol. The summed E-state index contributed by atoms with van der Waals surface area (Å²) in [5.41, 5.74) is -22.3. The van der Waals surface area contributed by atoms with Crippen LogP contribution in [-0.4, -0.2) is 87.4 Å². The number of hydrogen-bond acceptors (Lipinski definition) is 10. The van der Waals surface area contributed by atoms with Crippen LogP contribution >= 0.6 is 0 Å². The third-order valence-electron chi connectivity index (χ3n) is 8.08. The first-order valence-corrected chi connectivity index (χ1v) is 11.9. The highest BCUT2D eigenvalue weighted by Crippen LogP contribution is 2.61. The Bertz CT molecular complexity index is 1200. The van der Waals surface area contributed by atoms with E-state index in [2.05, 4.69) is 0 Å². The standard InChI is InChI=1S/C28H32O10/c1-17(29)25(35)23(33,15-21-11-7-5-8-12-21)26(36,18(2)30)28(38,20(4)32)27(37,19(3)31)24(25,34)16-22-13-9-6-10-14-22/h5-14,33-38H,15-16H2,1-4H3/t23-,24-,25?,26+,27+,28?/m0/s1. The lowest BCUT2D eigenvalue weighted by molar-refractivity contribution is -0.394. The number of Topliss-reactive ketones (excluding diaryl/α,β-unsaturated/α-hetero) is 4. The second-order valence-electron chi connectivity index (χ2n) is 10.1. The fourth-order valence-electron chi connectivity index (χ4n) is 6.20. The van der Waals surface area contributed by atoms with Crippen molar-refractivity contribution in [2.24, 2.45) is 0 Å². The van der Waals surface area contributed by atoms with Crippen molar-refractivity contribution in [1.29, 1.82) is 0 Å². The van der Waals surface area contributed by atoms with E-state index in [1.807, 2.05) is 0 Å².